The standard InChI is InChI=1S/C8H12O3/c1-6(2)8(9)11-5-10-7(3)4/h1,3,5H2,2,4H3. The van der Waals surface area contributed by atoms with Crippen LogP contribution in [-0.4, -0.2) is 12.8 Å². The molecular formula is C8H12O3. The molecule has 0 aromatic carbocycles. The topological polar surface area (TPSA) is 35.5 Å². The lowest BCUT2D eigenvalue weighted by Gasteiger charge is -2.05. The highest BCUT2D eigenvalue weighted by Gasteiger charge is 2.01. The number of rotatable bonds is 4. The Morgan fingerprint density at radius 2 is 1.82 bits per heavy atom. The highest BCUT2D eigenvalue weighted by atomic mass is 16.7. The molecule has 0 aliphatic rings. The van der Waals surface area contributed by atoms with Gasteiger partial charge in [0, 0.05) is 5.57 Å². The molecule has 3 heteroatoms. The van der Waals surface area contributed by atoms with E-state index in [1.807, 2.05) is 0 Å². The molecule has 0 aromatic heterocycles. The van der Waals surface area contributed by atoms with Gasteiger partial charge < -0.3 is 9.47 Å². The molecule has 0 aliphatic heterocycles. The number of carbonyl (C=O) groups is 1. The van der Waals surface area contributed by atoms with E-state index in [9.17, 15) is 4.79 Å². The highest BCUT2D eigenvalue weighted by molar-refractivity contribution is 5.86. The number of hydrogen-bond donors (Lipinski definition) is 0. The van der Waals surface area contributed by atoms with Gasteiger partial charge >= 0.3 is 5.97 Å². The summed E-state index contributed by atoms with van der Waals surface area (Å²) in [4.78, 5) is 10.7. The average molecular weight is 156 g/mol. The fraction of sp³-hybridized carbons (Fsp3) is 0.375. The molecule has 0 bridgehead atoms. The van der Waals surface area contributed by atoms with Crippen molar-refractivity contribution in [2.24, 2.45) is 0 Å². The molecule has 0 amide bonds. The largest absolute Gasteiger partial charge is 0.463 e. The Hall–Kier alpha value is -1.25. The van der Waals surface area contributed by atoms with E-state index >= 15 is 0 Å². The molecule has 0 unspecified atom stereocenters. The van der Waals surface area contributed by atoms with E-state index in [-0.39, 0.29) is 6.79 Å². The average Bonchev–Trinajstić information content (AvgIpc) is 1.86. The Bertz CT molecular complexity index is 182. The van der Waals surface area contributed by atoms with Crippen LogP contribution in [0.5, 0.6) is 0 Å². The zero-order valence-electron chi connectivity index (χ0n) is 6.85. The predicted molar refractivity (Wildman–Crippen MR) is 41.7 cm³/mol. The van der Waals surface area contributed by atoms with Crippen molar-refractivity contribution in [3.63, 3.8) is 0 Å². The van der Waals surface area contributed by atoms with E-state index in [1.165, 1.54) is 0 Å². The molecule has 0 radical (unpaired) electrons. The van der Waals surface area contributed by atoms with Crippen LogP contribution in [0.3, 0.4) is 0 Å². The Kier molecular flexibility index (Phi) is 4.03. The van der Waals surface area contributed by atoms with Crippen LogP contribution in [0.4, 0.5) is 0 Å². The number of allylic oxidation sites excluding steroid dienone is 1. The Morgan fingerprint density at radius 1 is 1.27 bits per heavy atom. The number of hydrogen-bond acceptors (Lipinski definition) is 3. The highest BCUT2D eigenvalue weighted by Crippen LogP contribution is 1.94. The summed E-state index contributed by atoms with van der Waals surface area (Å²) in [6.45, 7) is 10.0. The van der Waals surface area contributed by atoms with Crippen molar-refractivity contribution in [1.29, 1.82) is 0 Å². The van der Waals surface area contributed by atoms with Gasteiger partial charge in [0.25, 0.3) is 0 Å². The first-order chi connectivity index (χ1) is 5.04. The van der Waals surface area contributed by atoms with Gasteiger partial charge in [0.1, 0.15) is 0 Å². The summed E-state index contributed by atoms with van der Waals surface area (Å²) in [5.41, 5.74) is 0.357. The Balaban J connectivity index is 3.47. The molecule has 0 saturated heterocycles. The third-order valence-corrected chi connectivity index (χ3v) is 0.844. The maximum Gasteiger partial charge on any atom is 0.335 e. The summed E-state index contributed by atoms with van der Waals surface area (Å²) in [6, 6.07) is 0. The van der Waals surface area contributed by atoms with Crippen molar-refractivity contribution < 1.29 is 14.3 Å². The molecule has 0 N–H and O–H groups in total. The maximum absolute atomic E-state index is 10.7. The first kappa shape index (κ1) is 9.75. The van der Waals surface area contributed by atoms with E-state index in [0.717, 1.165) is 0 Å². The van der Waals surface area contributed by atoms with Crippen molar-refractivity contribution >= 4 is 5.97 Å². The Labute approximate surface area is 66.3 Å². The molecule has 0 aromatic rings. The third-order valence-electron chi connectivity index (χ3n) is 0.844. The van der Waals surface area contributed by atoms with Crippen LogP contribution in [0.15, 0.2) is 24.5 Å². The first-order valence-electron chi connectivity index (χ1n) is 3.15. The van der Waals surface area contributed by atoms with Gasteiger partial charge in [-0.2, -0.15) is 0 Å². The molecule has 0 saturated carbocycles. The number of esters is 1. The van der Waals surface area contributed by atoms with E-state index in [2.05, 4.69) is 17.9 Å². The first-order valence-corrected chi connectivity index (χ1v) is 3.15. The van der Waals surface area contributed by atoms with Gasteiger partial charge in [-0.05, 0) is 13.8 Å². The second-order valence-corrected chi connectivity index (χ2v) is 2.18. The van der Waals surface area contributed by atoms with Gasteiger partial charge in [-0.25, -0.2) is 4.79 Å². The van der Waals surface area contributed by atoms with Gasteiger partial charge in [0.05, 0.1) is 5.76 Å². The quantitative estimate of drug-likeness (QED) is 0.268. The van der Waals surface area contributed by atoms with E-state index in [0.29, 0.717) is 11.3 Å². The van der Waals surface area contributed by atoms with Crippen LogP contribution < -0.4 is 0 Å². The molecular weight excluding hydrogens is 144 g/mol. The van der Waals surface area contributed by atoms with Crippen molar-refractivity contribution in [3.8, 4) is 0 Å². The van der Waals surface area contributed by atoms with Crippen LogP contribution in [0, 0.1) is 0 Å². The smallest absolute Gasteiger partial charge is 0.335 e. The third kappa shape index (κ3) is 5.21. The van der Waals surface area contributed by atoms with Gasteiger partial charge in [-0.15, -0.1) is 0 Å². The maximum atomic E-state index is 10.7. The van der Waals surface area contributed by atoms with Crippen LogP contribution >= 0.6 is 0 Å². The van der Waals surface area contributed by atoms with Crippen molar-refractivity contribution in [1.82, 2.24) is 0 Å². The molecule has 0 rings (SSSR count). The summed E-state index contributed by atoms with van der Waals surface area (Å²) < 4.78 is 9.38. The minimum absolute atomic E-state index is 0.0962. The molecule has 62 valence electrons. The SMILES string of the molecule is C=C(C)OCOC(=O)C(=C)C. The second kappa shape index (κ2) is 4.55. The fourth-order valence-electron chi connectivity index (χ4n) is 0.307. The summed E-state index contributed by atoms with van der Waals surface area (Å²) in [5, 5.41) is 0. The van der Waals surface area contributed by atoms with E-state index in [4.69, 9.17) is 4.74 Å². The lowest BCUT2D eigenvalue weighted by atomic mass is 10.4. The summed E-state index contributed by atoms with van der Waals surface area (Å²) in [5.74, 6) is 0.0609. The van der Waals surface area contributed by atoms with Crippen molar-refractivity contribution in [2.45, 2.75) is 13.8 Å². The monoisotopic (exact) mass is 156 g/mol. The molecule has 3 nitrogen and oxygen atoms in total. The normalized spacial score (nSPS) is 8.55. The molecule has 0 fully saturated rings. The van der Waals surface area contributed by atoms with Gasteiger partial charge in [-0.1, -0.05) is 13.2 Å². The van der Waals surface area contributed by atoms with Gasteiger partial charge in [0.2, 0.25) is 6.79 Å². The zero-order valence-corrected chi connectivity index (χ0v) is 6.85. The zero-order chi connectivity index (χ0) is 8.85. The van der Waals surface area contributed by atoms with Crippen molar-refractivity contribution in [2.75, 3.05) is 6.79 Å². The predicted octanol–water partition coefficient (Wildman–Crippen LogP) is 1.61. The minimum Gasteiger partial charge on any atom is -0.463 e. The minimum atomic E-state index is -0.453. The van der Waals surface area contributed by atoms with Crippen molar-refractivity contribution in [3.05, 3.63) is 24.5 Å². The van der Waals surface area contributed by atoms with Crippen LogP contribution in [0.2, 0.25) is 0 Å². The summed E-state index contributed by atoms with van der Waals surface area (Å²) >= 11 is 0. The molecule has 0 spiro atoms. The molecule has 0 atom stereocenters. The van der Waals surface area contributed by atoms with E-state index < -0.39 is 5.97 Å². The second-order valence-electron chi connectivity index (χ2n) is 2.18. The fourth-order valence-corrected chi connectivity index (χ4v) is 0.307. The molecule has 11 heavy (non-hydrogen) atoms. The van der Waals surface area contributed by atoms with Crippen LogP contribution in [-0.2, 0) is 14.3 Å². The summed E-state index contributed by atoms with van der Waals surface area (Å²) in [7, 11) is 0. The van der Waals surface area contributed by atoms with Gasteiger partial charge in [0.15, 0.2) is 0 Å². The van der Waals surface area contributed by atoms with Crippen LogP contribution in [0.1, 0.15) is 13.8 Å². The molecule has 0 heterocycles. The van der Waals surface area contributed by atoms with E-state index in [1.54, 1.807) is 13.8 Å². The number of carbonyl (C=O) groups excluding carboxylic acids is 1. The van der Waals surface area contributed by atoms with Gasteiger partial charge in [-0.3, -0.25) is 0 Å². The summed E-state index contributed by atoms with van der Waals surface area (Å²) in [6.07, 6.45) is 0. The number of ether oxygens (including phenoxy) is 2. The Morgan fingerprint density at radius 3 is 2.18 bits per heavy atom. The molecule has 0 aliphatic carbocycles. The lowest BCUT2D eigenvalue weighted by Crippen LogP contribution is -2.07. The van der Waals surface area contributed by atoms with Crippen LogP contribution in [0.25, 0.3) is 0 Å². The lowest BCUT2D eigenvalue weighted by molar-refractivity contribution is -0.148.